The van der Waals surface area contributed by atoms with Gasteiger partial charge in [0, 0.05) is 32.0 Å². The maximum Gasteiger partial charge on any atom is 0.222 e. The van der Waals surface area contributed by atoms with Gasteiger partial charge >= 0.3 is 0 Å². The van der Waals surface area contributed by atoms with Gasteiger partial charge in [0.05, 0.1) is 0 Å². The van der Waals surface area contributed by atoms with Crippen LogP contribution in [0.5, 0.6) is 0 Å². The van der Waals surface area contributed by atoms with Crippen LogP contribution >= 0.6 is 0 Å². The fraction of sp³-hybridized carbons (Fsp3) is 0.875. The van der Waals surface area contributed by atoms with Crippen LogP contribution in [0.25, 0.3) is 0 Å². The Morgan fingerprint density at radius 1 is 1.25 bits per heavy atom. The van der Waals surface area contributed by atoms with Crippen LogP contribution < -0.4 is 5.32 Å². The molecule has 1 aliphatic heterocycles. The molecular formula is C16H26N2O2. The smallest absolute Gasteiger partial charge is 0.222 e. The van der Waals surface area contributed by atoms with Crippen LogP contribution in [-0.4, -0.2) is 35.8 Å². The number of carbonyl (C=O) groups is 2. The van der Waals surface area contributed by atoms with Crippen molar-refractivity contribution in [1.82, 2.24) is 10.2 Å². The predicted molar refractivity (Wildman–Crippen MR) is 77.0 cm³/mol. The molecule has 2 saturated carbocycles. The van der Waals surface area contributed by atoms with E-state index in [0.717, 1.165) is 44.2 Å². The van der Waals surface area contributed by atoms with Crippen LogP contribution in [0.2, 0.25) is 0 Å². The Hall–Kier alpha value is -1.06. The number of rotatable bonds is 5. The minimum atomic E-state index is 0.187. The van der Waals surface area contributed by atoms with E-state index < -0.39 is 0 Å². The van der Waals surface area contributed by atoms with Gasteiger partial charge in [0.2, 0.25) is 11.8 Å². The van der Waals surface area contributed by atoms with Gasteiger partial charge in [-0.25, -0.2) is 0 Å². The first kappa shape index (κ1) is 13.9. The molecule has 4 heteroatoms. The number of carbonyl (C=O) groups excluding carboxylic acids is 2. The molecule has 1 heterocycles. The normalized spacial score (nSPS) is 32.7. The largest absolute Gasteiger partial charge is 0.353 e. The summed E-state index contributed by atoms with van der Waals surface area (Å²) in [5.74, 6) is 2.07. The molecule has 2 aliphatic carbocycles. The van der Waals surface area contributed by atoms with Gasteiger partial charge in [-0.2, -0.15) is 0 Å². The Bertz CT molecular complexity index is 383. The lowest BCUT2D eigenvalue weighted by Crippen LogP contribution is -2.39. The Balaban J connectivity index is 1.34. The molecule has 112 valence electrons. The average Bonchev–Trinajstić information content (AvgIpc) is 3.03. The Morgan fingerprint density at radius 3 is 2.85 bits per heavy atom. The summed E-state index contributed by atoms with van der Waals surface area (Å²) < 4.78 is 0. The van der Waals surface area contributed by atoms with Gasteiger partial charge in [-0.3, -0.25) is 9.59 Å². The number of hydrogen-bond donors (Lipinski definition) is 1. The molecule has 0 radical (unpaired) electrons. The Labute approximate surface area is 121 Å². The summed E-state index contributed by atoms with van der Waals surface area (Å²) in [6.07, 6.45) is 9.40. The minimum absolute atomic E-state index is 0.187. The fourth-order valence-electron chi connectivity index (χ4n) is 4.23. The zero-order valence-corrected chi connectivity index (χ0v) is 12.3. The van der Waals surface area contributed by atoms with E-state index in [1.165, 1.54) is 25.7 Å². The van der Waals surface area contributed by atoms with Crippen molar-refractivity contribution in [2.24, 2.45) is 11.8 Å². The number of nitrogens with one attached hydrogen (secondary N) is 1. The average molecular weight is 278 g/mol. The molecule has 2 amide bonds. The van der Waals surface area contributed by atoms with Crippen LogP contribution in [-0.2, 0) is 9.59 Å². The van der Waals surface area contributed by atoms with E-state index in [2.05, 4.69) is 5.32 Å². The Morgan fingerprint density at radius 2 is 2.15 bits per heavy atom. The standard InChI is InChI=1S/C16H26N2O2/c19-15(17-14-11-12-6-7-13(14)10-12)4-3-9-18-8-2-1-5-16(18)20/h12-14H,1-11H2,(H,17,19)/t12-,13+,14-/m1/s1. The van der Waals surface area contributed by atoms with Crippen LogP contribution in [0.15, 0.2) is 0 Å². The molecular weight excluding hydrogens is 252 g/mol. The maximum atomic E-state index is 12.0. The molecule has 1 saturated heterocycles. The molecule has 0 unspecified atom stereocenters. The van der Waals surface area contributed by atoms with E-state index in [0.29, 0.717) is 18.9 Å². The second-order valence-corrected chi connectivity index (χ2v) is 6.79. The van der Waals surface area contributed by atoms with Gasteiger partial charge in [-0.15, -0.1) is 0 Å². The maximum absolute atomic E-state index is 12.0. The lowest BCUT2D eigenvalue weighted by molar-refractivity contribution is -0.133. The second kappa shape index (κ2) is 6.15. The van der Waals surface area contributed by atoms with Crippen LogP contribution in [0, 0.1) is 11.8 Å². The van der Waals surface area contributed by atoms with Crippen molar-refractivity contribution >= 4 is 11.8 Å². The van der Waals surface area contributed by atoms with Crippen molar-refractivity contribution in [3.05, 3.63) is 0 Å². The molecule has 4 nitrogen and oxygen atoms in total. The molecule has 3 aliphatic rings. The van der Waals surface area contributed by atoms with Gasteiger partial charge in [0.15, 0.2) is 0 Å². The van der Waals surface area contributed by atoms with E-state index in [1.807, 2.05) is 4.90 Å². The highest BCUT2D eigenvalue weighted by Crippen LogP contribution is 2.44. The van der Waals surface area contributed by atoms with E-state index in [1.54, 1.807) is 0 Å². The van der Waals surface area contributed by atoms with Crippen molar-refractivity contribution in [2.75, 3.05) is 13.1 Å². The molecule has 0 spiro atoms. The number of likely N-dealkylation sites (tertiary alicyclic amines) is 1. The SMILES string of the molecule is O=C(CCCN1CCCCC1=O)N[C@@H]1C[C@@H]2CC[C@H]1C2. The fourth-order valence-corrected chi connectivity index (χ4v) is 4.23. The first-order valence-corrected chi connectivity index (χ1v) is 8.29. The number of nitrogens with zero attached hydrogens (tertiary/aromatic N) is 1. The van der Waals surface area contributed by atoms with E-state index in [-0.39, 0.29) is 11.8 Å². The molecule has 0 aromatic rings. The lowest BCUT2D eigenvalue weighted by atomic mass is 9.95. The first-order valence-electron chi connectivity index (χ1n) is 8.29. The predicted octanol–water partition coefficient (Wildman–Crippen LogP) is 2.08. The van der Waals surface area contributed by atoms with Crippen molar-refractivity contribution in [1.29, 1.82) is 0 Å². The van der Waals surface area contributed by atoms with Gasteiger partial charge in [0.1, 0.15) is 0 Å². The molecule has 3 fully saturated rings. The van der Waals surface area contributed by atoms with Crippen molar-refractivity contribution in [3.63, 3.8) is 0 Å². The summed E-state index contributed by atoms with van der Waals surface area (Å²) in [7, 11) is 0. The van der Waals surface area contributed by atoms with Gasteiger partial charge < -0.3 is 10.2 Å². The van der Waals surface area contributed by atoms with Gasteiger partial charge in [-0.05, 0) is 50.4 Å². The zero-order valence-electron chi connectivity index (χ0n) is 12.3. The molecule has 3 rings (SSSR count). The first-order chi connectivity index (χ1) is 9.72. The van der Waals surface area contributed by atoms with Crippen LogP contribution in [0.1, 0.15) is 57.8 Å². The molecule has 0 aromatic carbocycles. The molecule has 20 heavy (non-hydrogen) atoms. The summed E-state index contributed by atoms with van der Waals surface area (Å²) in [4.78, 5) is 25.6. The minimum Gasteiger partial charge on any atom is -0.353 e. The second-order valence-electron chi connectivity index (χ2n) is 6.79. The number of amides is 2. The van der Waals surface area contributed by atoms with Crippen LogP contribution in [0.3, 0.4) is 0 Å². The van der Waals surface area contributed by atoms with E-state index >= 15 is 0 Å². The summed E-state index contributed by atoms with van der Waals surface area (Å²) >= 11 is 0. The summed E-state index contributed by atoms with van der Waals surface area (Å²) in [5.41, 5.74) is 0. The summed E-state index contributed by atoms with van der Waals surface area (Å²) in [6.45, 7) is 1.63. The molecule has 0 aromatic heterocycles. The molecule has 2 bridgehead atoms. The van der Waals surface area contributed by atoms with Crippen molar-refractivity contribution in [2.45, 2.75) is 63.8 Å². The highest BCUT2D eigenvalue weighted by molar-refractivity contribution is 5.77. The highest BCUT2D eigenvalue weighted by Gasteiger charge is 2.39. The van der Waals surface area contributed by atoms with Crippen molar-refractivity contribution < 1.29 is 9.59 Å². The molecule has 1 N–H and O–H groups in total. The quantitative estimate of drug-likeness (QED) is 0.837. The van der Waals surface area contributed by atoms with E-state index in [4.69, 9.17) is 0 Å². The highest BCUT2D eigenvalue weighted by atomic mass is 16.2. The number of piperidine rings is 1. The monoisotopic (exact) mass is 278 g/mol. The third-order valence-electron chi connectivity index (χ3n) is 5.34. The Kier molecular flexibility index (Phi) is 4.27. The third-order valence-corrected chi connectivity index (χ3v) is 5.34. The van der Waals surface area contributed by atoms with Crippen molar-refractivity contribution in [3.8, 4) is 0 Å². The number of fused-ring (bicyclic) bond motifs is 2. The number of hydrogen-bond acceptors (Lipinski definition) is 2. The lowest BCUT2D eigenvalue weighted by Gasteiger charge is -2.27. The zero-order chi connectivity index (χ0) is 13.9. The van der Waals surface area contributed by atoms with Crippen LogP contribution in [0.4, 0.5) is 0 Å². The summed E-state index contributed by atoms with van der Waals surface area (Å²) in [5, 5.41) is 3.22. The van der Waals surface area contributed by atoms with Gasteiger partial charge in [-0.1, -0.05) is 6.42 Å². The molecule has 3 atom stereocenters. The summed E-state index contributed by atoms with van der Waals surface area (Å²) in [6, 6.07) is 0.442. The topological polar surface area (TPSA) is 49.4 Å². The van der Waals surface area contributed by atoms with E-state index in [9.17, 15) is 9.59 Å². The van der Waals surface area contributed by atoms with Gasteiger partial charge in [0.25, 0.3) is 0 Å². The third kappa shape index (κ3) is 3.15.